The fourth-order valence-corrected chi connectivity index (χ4v) is 9.44. The zero-order valence-electron chi connectivity index (χ0n) is 31.5. The standard InChI is InChI=1S/C42H46IN3O10/c1-40(2,3)53-32(48)16-15-29(23-47)45-37(49)25-13-8-9-24(17-25)21-44-39(51)42-20-31-33-34(55-41(54-33)18-26-10-4-5-11-27(26)19-41)36(42)56-46(35(42)38(50)52-31)22-28-12-6-7-14-30(28)43/h4-14,17,29,31,33-36,47H,15-16,18-23H2,1-3H3,(H,44,51)(H,45,49)/t29-,31+,33-,34-,35-,36+,42-/m0/s1. The lowest BCUT2D eigenvalue weighted by atomic mass is 9.62. The molecule has 7 atom stereocenters. The summed E-state index contributed by atoms with van der Waals surface area (Å²) in [6.07, 6.45) is -1.40. The summed E-state index contributed by atoms with van der Waals surface area (Å²) in [5, 5.41) is 17.4. The average Bonchev–Trinajstić information content (AvgIpc) is 3.84. The average molecular weight is 880 g/mol. The van der Waals surface area contributed by atoms with Crippen molar-refractivity contribution in [2.45, 2.75) is 114 Å². The van der Waals surface area contributed by atoms with E-state index in [1.807, 2.05) is 36.4 Å². The van der Waals surface area contributed by atoms with Crippen LogP contribution >= 0.6 is 22.6 Å². The first kappa shape index (κ1) is 38.9. The SMILES string of the molecule is CC(C)(C)OC(=O)CC[C@@H](CO)NC(=O)c1cccc(CNC(=O)[C@@]23C[C@H]4OC(=O)[C@@H]2N(Cc2ccccc2I)O[C@@H]3[C@H]2OC3(Cc5ccccc5C3)O[C@H]24)c1. The van der Waals surface area contributed by atoms with Crippen LogP contribution in [-0.4, -0.2) is 88.4 Å². The minimum Gasteiger partial charge on any atom is -0.460 e. The van der Waals surface area contributed by atoms with Gasteiger partial charge in [-0.1, -0.05) is 54.6 Å². The van der Waals surface area contributed by atoms with E-state index in [0.29, 0.717) is 24.0 Å². The molecule has 3 N–H and O–H groups in total. The van der Waals surface area contributed by atoms with Gasteiger partial charge in [0, 0.05) is 41.4 Å². The molecule has 296 valence electrons. The molecule has 3 aromatic rings. The summed E-state index contributed by atoms with van der Waals surface area (Å²) in [7, 11) is 0. The van der Waals surface area contributed by atoms with E-state index in [0.717, 1.165) is 20.3 Å². The van der Waals surface area contributed by atoms with Gasteiger partial charge in [-0.3, -0.25) is 24.0 Å². The second-order valence-corrected chi connectivity index (χ2v) is 17.5. The fraction of sp³-hybridized carbons (Fsp3) is 0.476. The van der Waals surface area contributed by atoms with Crippen molar-refractivity contribution in [2.24, 2.45) is 5.41 Å². The largest absolute Gasteiger partial charge is 0.460 e. The van der Waals surface area contributed by atoms with Gasteiger partial charge in [-0.15, -0.1) is 0 Å². The molecule has 1 saturated carbocycles. The monoisotopic (exact) mass is 879 g/mol. The molecule has 0 unspecified atom stereocenters. The summed E-state index contributed by atoms with van der Waals surface area (Å²) in [6, 6.07) is 21.0. The molecule has 3 saturated heterocycles. The Bertz CT molecular complexity index is 2010. The molecule has 2 bridgehead atoms. The summed E-state index contributed by atoms with van der Waals surface area (Å²) in [4.78, 5) is 61.1. The third-order valence-electron chi connectivity index (χ3n) is 11.3. The predicted molar refractivity (Wildman–Crippen MR) is 208 cm³/mol. The van der Waals surface area contributed by atoms with E-state index < -0.39 is 71.1 Å². The highest BCUT2D eigenvalue weighted by atomic mass is 127. The molecule has 0 radical (unpaired) electrons. The highest BCUT2D eigenvalue weighted by molar-refractivity contribution is 14.1. The van der Waals surface area contributed by atoms with Gasteiger partial charge in [0.25, 0.3) is 5.91 Å². The summed E-state index contributed by atoms with van der Waals surface area (Å²) in [5.74, 6) is -2.75. The van der Waals surface area contributed by atoms with Crippen LogP contribution in [-0.2, 0) is 64.1 Å². The molecule has 3 aromatic carbocycles. The number of nitrogens with zero attached hydrogens (tertiary/aromatic N) is 1. The van der Waals surface area contributed by atoms with E-state index in [9.17, 15) is 24.3 Å². The second kappa shape index (κ2) is 15.1. The minimum atomic E-state index is -1.36. The van der Waals surface area contributed by atoms with Crippen molar-refractivity contribution < 1.29 is 48.1 Å². The predicted octanol–water partition coefficient (Wildman–Crippen LogP) is 3.90. The van der Waals surface area contributed by atoms with Crippen LogP contribution in [0.1, 0.15) is 72.6 Å². The van der Waals surface area contributed by atoms with Gasteiger partial charge in [0.15, 0.2) is 11.8 Å². The number of hydrogen-bond acceptors (Lipinski definition) is 11. The molecule has 1 spiro atoms. The summed E-state index contributed by atoms with van der Waals surface area (Å²) < 4.78 is 26.0. The van der Waals surface area contributed by atoms with Crippen LogP contribution in [0.5, 0.6) is 0 Å². The lowest BCUT2D eigenvalue weighted by molar-refractivity contribution is -0.217. The summed E-state index contributed by atoms with van der Waals surface area (Å²) in [6.45, 7) is 5.28. The quantitative estimate of drug-likeness (QED) is 0.189. The second-order valence-electron chi connectivity index (χ2n) is 16.4. The van der Waals surface area contributed by atoms with Crippen LogP contribution in [0, 0.1) is 8.99 Å². The molecule has 4 fully saturated rings. The number of carbonyl (C=O) groups is 4. The van der Waals surface area contributed by atoms with Crippen LogP contribution in [0.2, 0.25) is 0 Å². The third-order valence-corrected chi connectivity index (χ3v) is 12.4. The van der Waals surface area contributed by atoms with Crippen molar-refractivity contribution in [3.05, 3.63) is 104 Å². The Morgan fingerprint density at radius 2 is 1.71 bits per heavy atom. The maximum absolute atomic E-state index is 14.8. The number of halogens is 1. The number of carbonyl (C=O) groups excluding carboxylic acids is 4. The smallest absolute Gasteiger partial charge is 0.327 e. The van der Waals surface area contributed by atoms with Gasteiger partial charge < -0.3 is 34.7 Å². The first-order valence-corrected chi connectivity index (χ1v) is 20.2. The highest BCUT2D eigenvalue weighted by Gasteiger charge is 2.76. The molecule has 13 nitrogen and oxygen atoms in total. The molecule has 8 rings (SSSR count). The van der Waals surface area contributed by atoms with Gasteiger partial charge in [0.1, 0.15) is 35.4 Å². The number of amides is 2. The maximum atomic E-state index is 14.8. The molecule has 2 amide bonds. The molecular weight excluding hydrogens is 833 g/mol. The fourth-order valence-electron chi connectivity index (χ4n) is 8.89. The Balaban J connectivity index is 1.01. The number of aliphatic hydroxyl groups excluding tert-OH is 1. The number of ether oxygens (including phenoxy) is 4. The van der Waals surface area contributed by atoms with Crippen LogP contribution in [0.4, 0.5) is 0 Å². The molecule has 3 heterocycles. The van der Waals surface area contributed by atoms with Crippen LogP contribution in [0.3, 0.4) is 0 Å². The van der Waals surface area contributed by atoms with Gasteiger partial charge in [0.05, 0.1) is 19.2 Å². The molecule has 3 aliphatic heterocycles. The lowest BCUT2D eigenvalue weighted by Gasteiger charge is -2.48. The normalized spacial score (nSPS) is 27.6. The van der Waals surface area contributed by atoms with E-state index in [4.69, 9.17) is 23.8 Å². The van der Waals surface area contributed by atoms with Gasteiger partial charge in [-0.05, 0) is 90.2 Å². The Hall–Kier alpha value is -3.93. The van der Waals surface area contributed by atoms with Crippen molar-refractivity contribution in [3.8, 4) is 0 Å². The third kappa shape index (κ3) is 7.35. The Morgan fingerprint density at radius 1 is 1.00 bits per heavy atom. The van der Waals surface area contributed by atoms with Gasteiger partial charge in [-0.25, -0.2) is 0 Å². The topological polar surface area (TPSA) is 162 Å². The first-order valence-electron chi connectivity index (χ1n) is 19.1. The van der Waals surface area contributed by atoms with Crippen LogP contribution < -0.4 is 10.6 Å². The van der Waals surface area contributed by atoms with Crippen molar-refractivity contribution >= 4 is 46.3 Å². The Kier molecular flexibility index (Phi) is 10.5. The molecule has 56 heavy (non-hydrogen) atoms. The number of benzene rings is 3. The van der Waals surface area contributed by atoms with Crippen molar-refractivity contribution in [3.63, 3.8) is 0 Å². The van der Waals surface area contributed by atoms with Crippen LogP contribution in [0.25, 0.3) is 0 Å². The minimum absolute atomic E-state index is 0.0338. The maximum Gasteiger partial charge on any atom is 0.327 e. The highest BCUT2D eigenvalue weighted by Crippen LogP contribution is 2.58. The summed E-state index contributed by atoms with van der Waals surface area (Å²) >= 11 is 2.25. The Labute approximate surface area is 338 Å². The van der Waals surface area contributed by atoms with Gasteiger partial charge in [-0.2, -0.15) is 5.06 Å². The number of fused-ring (bicyclic) bond motifs is 5. The van der Waals surface area contributed by atoms with Crippen molar-refractivity contribution in [1.82, 2.24) is 15.7 Å². The lowest BCUT2D eigenvalue weighted by Crippen LogP contribution is -2.69. The first-order chi connectivity index (χ1) is 26.8. The molecule has 14 heteroatoms. The van der Waals surface area contributed by atoms with E-state index in [-0.39, 0.29) is 44.9 Å². The van der Waals surface area contributed by atoms with E-state index in [1.165, 1.54) is 0 Å². The van der Waals surface area contributed by atoms with E-state index in [1.54, 1.807) is 50.1 Å². The van der Waals surface area contributed by atoms with Crippen molar-refractivity contribution in [2.75, 3.05) is 6.61 Å². The molecule has 0 aromatic heterocycles. The number of esters is 2. The summed E-state index contributed by atoms with van der Waals surface area (Å²) in [5.41, 5.74) is 2.16. The van der Waals surface area contributed by atoms with Gasteiger partial charge in [0.2, 0.25) is 5.91 Å². The number of hydroxylamine groups is 2. The molecule has 2 aliphatic carbocycles. The number of nitrogens with one attached hydrogen (secondary N) is 2. The molecular formula is C42H46IN3O10. The van der Waals surface area contributed by atoms with Gasteiger partial charge >= 0.3 is 11.9 Å². The van der Waals surface area contributed by atoms with E-state index in [2.05, 4.69) is 45.4 Å². The Morgan fingerprint density at radius 3 is 2.43 bits per heavy atom. The number of hydrogen-bond donors (Lipinski definition) is 3. The van der Waals surface area contributed by atoms with E-state index >= 15 is 0 Å². The van der Waals surface area contributed by atoms with Crippen molar-refractivity contribution in [1.29, 1.82) is 0 Å². The zero-order valence-corrected chi connectivity index (χ0v) is 33.7. The number of rotatable bonds is 11. The molecule has 5 aliphatic rings. The van der Waals surface area contributed by atoms with Crippen LogP contribution in [0.15, 0.2) is 72.8 Å². The zero-order chi connectivity index (χ0) is 39.4. The number of aliphatic hydroxyl groups is 1.